The molecule has 2 aromatic heterocycles. The Morgan fingerprint density at radius 3 is 1.21 bits per heavy atom. The van der Waals surface area contributed by atoms with E-state index in [4.69, 9.17) is 14.7 Å². The highest BCUT2D eigenvalue weighted by atomic mass is 19.4. The molecule has 0 unspecified atom stereocenters. The topological polar surface area (TPSA) is 55.2 Å². The van der Waals surface area contributed by atoms with Gasteiger partial charge in [0.1, 0.15) is 0 Å². The first-order valence-corrected chi connectivity index (χ1v) is 26.6. The van der Waals surface area contributed by atoms with E-state index >= 15 is 8.78 Å². The number of alkyl halides is 8. The third-order valence-electron chi connectivity index (χ3n) is 17.1. The Hall–Kier alpha value is -3.90. The van der Waals surface area contributed by atoms with Gasteiger partial charge < -0.3 is 9.84 Å². The van der Waals surface area contributed by atoms with Crippen LogP contribution in [0.5, 0.6) is 0 Å². The maximum Gasteiger partial charge on any atom is 0.416 e. The number of aromatic nitrogens is 2. The lowest BCUT2D eigenvalue weighted by molar-refractivity contribution is -0.138. The number of benzene rings is 2. The van der Waals surface area contributed by atoms with Crippen LogP contribution >= 0.6 is 0 Å². The van der Waals surface area contributed by atoms with Gasteiger partial charge in [0.25, 0.3) is 0 Å². The second-order valence-electron chi connectivity index (χ2n) is 23.6. The first-order valence-electron chi connectivity index (χ1n) is 26.6. The van der Waals surface area contributed by atoms with Crippen molar-refractivity contribution in [3.8, 4) is 0 Å². The van der Waals surface area contributed by atoms with Crippen molar-refractivity contribution in [1.82, 2.24) is 9.97 Å². The Morgan fingerprint density at radius 2 is 0.845 bits per heavy atom. The molecule has 0 aliphatic heterocycles. The van der Waals surface area contributed by atoms with Crippen LogP contribution in [-0.2, 0) is 29.9 Å². The monoisotopic (exact) mass is 993 g/mol. The van der Waals surface area contributed by atoms with Gasteiger partial charge in [0.05, 0.1) is 34.7 Å². The molecule has 6 aliphatic rings. The lowest BCUT2D eigenvalue weighted by atomic mass is 9.70. The van der Waals surface area contributed by atoms with Crippen molar-refractivity contribution >= 4 is 0 Å². The van der Waals surface area contributed by atoms with E-state index < -0.39 is 41.9 Å². The van der Waals surface area contributed by atoms with Gasteiger partial charge in [0, 0.05) is 52.6 Å². The van der Waals surface area contributed by atoms with Gasteiger partial charge in [-0.1, -0.05) is 103 Å². The van der Waals surface area contributed by atoms with E-state index in [1.165, 1.54) is 24.3 Å². The van der Waals surface area contributed by atoms with Gasteiger partial charge in [-0.05, 0) is 146 Å². The number of pyridine rings is 2. The molecule has 4 saturated carbocycles. The van der Waals surface area contributed by atoms with Gasteiger partial charge in [-0.2, -0.15) is 26.3 Å². The number of hydrogen-bond donors (Lipinski definition) is 1. The van der Waals surface area contributed by atoms with Crippen molar-refractivity contribution in [2.24, 2.45) is 10.8 Å². The first kappa shape index (κ1) is 52.0. The van der Waals surface area contributed by atoms with Crippen LogP contribution in [0.15, 0.2) is 48.5 Å². The summed E-state index contributed by atoms with van der Waals surface area (Å²) < 4.78 is 118. The zero-order chi connectivity index (χ0) is 50.6. The predicted molar refractivity (Wildman–Crippen MR) is 261 cm³/mol. The molecule has 4 nitrogen and oxygen atoms in total. The molecule has 0 amide bonds. The van der Waals surface area contributed by atoms with Crippen LogP contribution in [0.2, 0.25) is 0 Å². The Bertz CT molecular complexity index is 2490. The zero-order valence-electron chi connectivity index (χ0n) is 42.2. The van der Waals surface area contributed by atoms with Gasteiger partial charge in [0.15, 0.2) is 12.3 Å². The lowest BCUT2D eigenvalue weighted by Crippen LogP contribution is -2.31. The summed E-state index contributed by atoms with van der Waals surface area (Å²) in [4.78, 5) is 10.3. The van der Waals surface area contributed by atoms with E-state index in [1.54, 1.807) is 7.11 Å². The molecular weight excluding hydrogens is 921 g/mol. The first-order chi connectivity index (χ1) is 33.6. The summed E-state index contributed by atoms with van der Waals surface area (Å²) in [5.41, 5.74) is 7.54. The Labute approximate surface area is 415 Å². The molecule has 2 heterocycles. The third kappa shape index (κ3) is 10.9. The number of ether oxygens (including phenoxy) is 1. The molecular formula is C59H72F8N2O2. The summed E-state index contributed by atoms with van der Waals surface area (Å²) in [5, 5.41) is 11.3. The van der Waals surface area contributed by atoms with Crippen LogP contribution in [0.3, 0.4) is 0 Å². The SMILES string of the molecule is CC1(C)Cc2nc(C3CCCC3)c([C@@H](F)c3ccc(C(F)(F)F)cc3)c(C3CCCC3)c2[C@@H](O)C1.CO[C@H]1CC(C)(C)Cc2nc(C3CCCC3)c([C@@H](F)c3ccc(C(F)(F)F)cc3)c(C3CCCC3)c21. The Kier molecular flexibility index (Phi) is 15.0. The van der Waals surface area contributed by atoms with E-state index in [0.29, 0.717) is 17.5 Å². The summed E-state index contributed by atoms with van der Waals surface area (Å²) in [6, 6.07) is 9.08. The number of nitrogens with zero attached hydrogens (tertiary/aromatic N) is 2. The second kappa shape index (κ2) is 20.4. The minimum atomic E-state index is -4.46. The van der Waals surface area contributed by atoms with E-state index in [-0.39, 0.29) is 51.7 Å². The minimum Gasteiger partial charge on any atom is -0.388 e. The average Bonchev–Trinajstić information content (AvgIpc) is 4.18. The summed E-state index contributed by atoms with van der Waals surface area (Å²) in [6.07, 6.45) is 6.69. The molecule has 4 fully saturated rings. The third-order valence-corrected chi connectivity index (χ3v) is 17.1. The summed E-state index contributed by atoms with van der Waals surface area (Å²) in [6.45, 7) is 8.75. The number of fused-ring (bicyclic) bond motifs is 2. The largest absolute Gasteiger partial charge is 0.416 e. The highest BCUT2D eigenvalue weighted by molar-refractivity contribution is 5.53. The van der Waals surface area contributed by atoms with Gasteiger partial charge in [-0.3, -0.25) is 9.97 Å². The number of methoxy groups -OCH3 is 1. The molecule has 4 atom stereocenters. The number of halogens is 8. The maximum absolute atomic E-state index is 16.7. The van der Waals surface area contributed by atoms with Crippen molar-refractivity contribution in [2.75, 3.05) is 7.11 Å². The van der Waals surface area contributed by atoms with E-state index in [1.807, 2.05) is 0 Å². The number of aliphatic hydroxyl groups excluding tert-OH is 1. The standard InChI is InChI=1S/C30H37F4NO.C29H35F4NO/c1-29(2)16-22-25(23(17-29)36-3)24(18-8-4-5-9-18)26(28(35-22)20-10-6-7-11-20)27(31)19-12-14-21(15-13-19)30(32,33)34;1-28(2)15-21-24(22(35)16-28)23(17-7-3-4-8-17)25(27(34-21)19-9-5-6-10-19)26(30)18-11-13-20(14-12-18)29(31,32)33/h12-15,18,20,23,27H,4-11,16-17H2,1-3H3;11-14,17,19,22,26,35H,3-10,15-16H2,1-2H3/t23-,27-;22-,26-/m00/s1. The molecule has 0 radical (unpaired) electrons. The fourth-order valence-corrected chi connectivity index (χ4v) is 13.8. The van der Waals surface area contributed by atoms with E-state index in [0.717, 1.165) is 191 Å². The Morgan fingerprint density at radius 1 is 0.507 bits per heavy atom. The second-order valence-corrected chi connectivity index (χ2v) is 23.6. The van der Waals surface area contributed by atoms with E-state index in [9.17, 15) is 31.4 Å². The van der Waals surface area contributed by atoms with Crippen LogP contribution in [0, 0.1) is 10.8 Å². The number of rotatable bonds is 9. The maximum atomic E-state index is 16.7. The molecule has 2 aromatic carbocycles. The minimum absolute atomic E-state index is 0.0324. The van der Waals surface area contributed by atoms with Gasteiger partial charge in [-0.15, -0.1) is 0 Å². The predicted octanol–water partition coefficient (Wildman–Crippen LogP) is 17.6. The fraction of sp³-hybridized carbons (Fsp3) is 0.627. The molecule has 386 valence electrons. The van der Waals surface area contributed by atoms with Gasteiger partial charge in [-0.25, -0.2) is 8.78 Å². The number of aliphatic hydroxyl groups is 1. The van der Waals surface area contributed by atoms with Crippen LogP contribution in [-0.4, -0.2) is 22.2 Å². The van der Waals surface area contributed by atoms with Gasteiger partial charge >= 0.3 is 12.4 Å². The lowest BCUT2D eigenvalue weighted by Gasteiger charge is -2.39. The molecule has 4 aromatic rings. The van der Waals surface area contributed by atoms with Gasteiger partial charge in [0.2, 0.25) is 0 Å². The molecule has 10 rings (SSSR count). The van der Waals surface area contributed by atoms with Crippen molar-refractivity contribution in [3.05, 3.63) is 127 Å². The van der Waals surface area contributed by atoms with Crippen LogP contribution in [0.25, 0.3) is 0 Å². The quantitative estimate of drug-likeness (QED) is 0.170. The summed E-state index contributed by atoms with van der Waals surface area (Å²) in [5.74, 6) is 0.753. The Balaban J connectivity index is 0.000000176. The van der Waals surface area contributed by atoms with E-state index in [2.05, 4.69) is 27.7 Å². The molecule has 0 bridgehead atoms. The van der Waals surface area contributed by atoms with Crippen molar-refractivity contribution in [3.63, 3.8) is 0 Å². The summed E-state index contributed by atoms with van der Waals surface area (Å²) in [7, 11) is 1.72. The van der Waals surface area contributed by atoms with Crippen LogP contribution in [0.4, 0.5) is 35.1 Å². The molecule has 0 spiro atoms. The van der Waals surface area contributed by atoms with Crippen molar-refractivity contribution < 1.29 is 45.0 Å². The molecule has 12 heteroatoms. The van der Waals surface area contributed by atoms with Crippen LogP contribution < -0.4 is 0 Å². The smallest absolute Gasteiger partial charge is 0.388 e. The molecule has 0 saturated heterocycles. The molecule has 1 N–H and O–H groups in total. The normalized spacial score (nSPS) is 23.9. The fourth-order valence-electron chi connectivity index (χ4n) is 13.8. The molecule has 6 aliphatic carbocycles. The average molecular weight is 993 g/mol. The van der Waals surface area contributed by atoms with Crippen LogP contribution in [0.1, 0.15) is 270 Å². The highest BCUT2D eigenvalue weighted by Crippen LogP contribution is 2.55. The van der Waals surface area contributed by atoms with Crippen molar-refractivity contribution in [1.29, 1.82) is 0 Å². The summed E-state index contributed by atoms with van der Waals surface area (Å²) >= 11 is 0. The highest BCUT2D eigenvalue weighted by Gasteiger charge is 2.44. The zero-order valence-corrected chi connectivity index (χ0v) is 42.2. The van der Waals surface area contributed by atoms with Crippen molar-refractivity contribution in [2.45, 2.75) is 217 Å². The molecule has 71 heavy (non-hydrogen) atoms. The number of hydrogen-bond acceptors (Lipinski definition) is 4.